The third-order valence-corrected chi connectivity index (χ3v) is 3.14. The zero-order chi connectivity index (χ0) is 12.7. The molecule has 1 heterocycles. The Morgan fingerprint density at radius 1 is 1.12 bits per heavy atom. The molecule has 1 aromatic heterocycles. The van der Waals surface area contributed by atoms with Gasteiger partial charge in [-0.3, -0.25) is 0 Å². The van der Waals surface area contributed by atoms with E-state index in [4.69, 9.17) is 11.6 Å². The molecule has 0 aliphatic carbocycles. The van der Waals surface area contributed by atoms with Gasteiger partial charge in [0.2, 0.25) is 0 Å². The normalized spacial score (nSPS) is 10.6. The van der Waals surface area contributed by atoms with Crippen LogP contribution in [0.5, 0.6) is 0 Å². The molecule has 1 rings (SSSR count). The predicted molar refractivity (Wildman–Crippen MR) is 73.8 cm³/mol. The number of halogens is 1. The fourth-order valence-corrected chi connectivity index (χ4v) is 1.81. The topological polar surface area (TPSA) is 37.8 Å². The highest BCUT2D eigenvalue weighted by molar-refractivity contribution is 6.30. The van der Waals surface area contributed by atoms with E-state index in [0.29, 0.717) is 5.15 Å². The second-order valence-electron chi connectivity index (χ2n) is 4.25. The van der Waals surface area contributed by atoms with Gasteiger partial charge in [-0.05, 0) is 13.3 Å². The third kappa shape index (κ3) is 4.50. The van der Waals surface area contributed by atoms with Gasteiger partial charge in [0.1, 0.15) is 16.8 Å². The van der Waals surface area contributed by atoms with Crippen molar-refractivity contribution >= 4 is 17.4 Å². The van der Waals surface area contributed by atoms with E-state index >= 15 is 0 Å². The second kappa shape index (κ2) is 7.49. The molecule has 0 aliphatic rings. The van der Waals surface area contributed by atoms with Crippen molar-refractivity contribution < 1.29 is 0 Å². The number of aryl methyl sites for hydroxylation is 1. The van der Waals surface area contributed by atoms with Gasteiger partial charge in [-0.2, -0.15) is 0 Å². The number of nitrogens with one attached hydrogen (secondary N) is 1. The molecule has 0 amide bonds. The Morgan fingerprint density at radius 2 is 1.88 bits per heavy atom. The van der Waals surface area contributed by atoms with Crippen LogP contribution in [0.2, 0.25) is 5.15 Å². The van der Waals surface area contributed by atoms with Gasteiger partial charge in [0.05, 0.1) is 0 Å². The minimum absolute atomic E-state index is 0.563. The van der Waals surface area contributed by atoms with E-state index in [1.165, 1.54) is 25.7 Å². The van der Waals surface area contributed by atoms with E-state index in [2.05, 4.69) is 22.2 Å². The van der Waals surface area contributed by atoms with E-state index in [1.807, 2.05) is 13.8 Å². The smallest absolute Gasteiger partial charge is 0.137 e. The monoisotopic (exact) mass is 255 g/mol. The number of aromatic nitrogens is 2. The highest BCUT2D eigenvalue weighted by atomic mass is 35.5. The molecule has 96 valence electrons. The molecule has 0 atom stereocenters. The molecule has 0 saturated heterocycles. The number of rotatable bonds is 7. The van der Waals surface area contributed by atoms with E-state index in [1.54, 1.807) is 0 Å². The standard InChI is InChI=1S/C13H22ClN3/c1-4-6-7-8-9-15-13-10(3)12(14)16-11(5-2)17-13/h4-9H2,1-3H3,(H,15,16,17). The van der Waals surface area contributed by atoms with Crippen LogP contribution in [0, 0.1) is 6.92 Å². The molecular weight excluding hydrogens is 234 g/mol. The molecule has 0 aliphatic heterocycles. The van der Waals surface area contributed by atoms with Crippen LogP contribution in [0.25, 0.3) is 0 Å². The molecule has 0 unspecified atom stereocenters. The lowest BCUT2D eigenvalue weighted by Gasteiger charge is -2.10. The number of hydrogen-bond acceptors (Lipinski definition) is 3. The summed E-state index contributed by atoms with van der Waals surface area (Å²) in [5.41, 5.74) is 0.944. The Morgan fingerprint density at radius 3 is 2.53 bits per heavy atom. The average molecular weight is 256 g/mol. The molecule has 1 N–H and O–H groups in total. The Kier molecular flexibility index (Phi) is 6.27. The maximum absolute atomic E-state index is 6.07. The van der Waals surface area contributed by atoms with Crippen LogP contribution < -0.4 is 5.32 Å². The number of nitrogens with zero attached hydrogens (tertiary/aromatic N) is 2. The molecule has 0 fully saturated rings. The van der Waals surface area contributed by atoms with E-state index < -0.39 is 0 Å². The van der Waals surface area contributed by atoms with Crippen LogP contribution in [0.3, 0.4) is 0 Å². The van der Waals surface area contributed by atoms with Gasteiger partial charge < -0.3 is 5.32 Å². The van der Waals surface area contributed by atoms with Gasteiger partial charge in [-0.15, -0.1) is 0 Å². The number of unbranched alkanes of at least 4 members (excludes halogenated alkanes) is 3. The molecule has 0 bridgehead atoms. The predicted octanol–water partition coefficient (Wildman–Crippen LogP) is 3.99. The Balaban J connectivity index is 2.54. The molecule has 3 nitrogen and oxygen atoms in total. The lowest BCUT2D eigenvalue weighted by atomic mass is 10.2. The highest BCUT2D eigenvalue weighted by Gasteiger charge is 2.07. The summed E-state index contributed by atoms with van der Waals surface area (Å²) in [5, 5.41) is 3.91. The fourth-order valence-electron chi connectivity index (χ4n) is 1.62. The summed E-state index contributed by atoms with van der Waals surface area (Å²) >= 11 is 6.07. The summed E-state index contributed by atoms with van der Waals surface area (Å²) in [6.07, 6.45) is 5.81. The van der Waals surface area contributed by atoms with Crippen LogP contribution >= 0.6 is 11.6 Å². The summed E-state index contributed by atoms with van der Waals surface area (Å²) in [5.74, 6) is 1.69. The van der Waals surface area contributed by atoms with Gasteiger partial charge in [0, 0.05) is 18.5 Å². The third-order valence-electron chi connectivity index (χ3n) is 2.77. The minimum atomic E-state index is 0.563. The first kappa shape index (κ1) is 14.2. The Labute approximate surface area is 109 Å². The quantitative estimate of drug-likeness (QED) is 0.591. The summed E-state index contributed by atoms with van der Waals surface area (Å²) in [6, 6.07) is 0. The molecular formula is C13H22ClN3. The molecule has 0 radical (unpaired) electrons. The van der Waals surface area contributed by atoms with Crippen LogP contribution in [0.4, 0.5) is 5.82 Å². The van der Waals surface area contributed by atoms with Crippen molar-refractivity contribution in [1.29, 1.82) is 0 Å². The Bertz CT molecular complexity index is 353. The summed E-state index contributed by atoms with van der Waals surface area (Å²) < 4.78 is 0. The summed E-state index contributed by atoms with van der Waals surface area (Å²) in [6.45, 7) is 7.16. The van der Waals surface area contributed by atoms with Crippen LogP contribution in [-0.4, -0.2) is 16.5 Å². The van der Waals surface area contributed by atoms with E-state index in [9.17, 15) is 0 Å². The lowest BCUT2D eigenvalue weighted by Crippen LogP contribution is -2.08. The van der Waals surface area contributed by atoms with Gasteiger partial charge in [0.25, 0.3) is 0 Å². The van der Waals surface area contributed by atoms with Crippen LogP contribution in [-0.2, 0) is 6.42 Å². The molecule has 17 heavy (non-hydrogen) atoms. The molecule has 0 saturated carbocycles. The van der Waals surface area contributed by atoms with Crippen molar-refractivity contribution in [2.45, 2.75) is 52.9 Å². The van der Waals surface area contributed by atoms with Gasteiger partial charge >= 0.3 is 0 Å². The second-order valence-corrected chi connectivity index (χ2v) is 4.60. The van der Waals surface area contributed by atoms with Gasteiger partial charge in [0.15, 0.2) is 0 Å². The summed E-state index contributed by atoms with van der Waals surface area (Å²) in [4.78, 5) is 8.69. The fraction of sp³-hybridized carbons (Fsp3) is 0.692. The first-order valence-corrected chi connectivity index (χ1v) is 6.83. The van der Waals surface area contributed by atoms with E-state index in [-0.39, 0.29) is 0 Å². The Hall–Kier alpha value is -0.830. The SMILES string of the molecule is CCCCCCNc1nc(CC)nc(Cl)c1C. The highest BCUT2D eigenvalue weighted by Crippen LogP contribution is 2.20. The molecule has 0 aromatic carbocycles. The van der Waals surface area contributed by atoms with Crippen molar-refractivity contribution in [2.24, 2.45) is 0 Å². The van der Waals surface area contributed by atoms with Crippen molar-refractivity contribution in [1.82, 2.24) is 9.97 Å². The number of hydrogen-bond donors (Lipinski definition) is 1. The van der Waals surface area contributed by atoms with Crippen LogP contribution in [0.1, 0.15) is 50.9 Å². The maximum Gasteiger partial charge on any atom is 0.137 e. The lowest BCUT2D eigenvalue weighted by molar-refractivity contribution is 0.683. The van der Waals surface area contributed by atoms with E-state index in [0.717, 1.165) is 30.2 Å². The van der Waals surface area contributed by atoms with Crippen molar-refractivity contribution in [3.05, 3.63) is 16.5 Å². The van der Waals surface area contributed by atoms with Gasteiger partial charge in [-0.25, -0.2) is 9.97 Å². The number of anilines is 1. The van der Waals surface area contributed by atoms with Crippen molar-refractivity contribution in [3.63, 3.8) is 0 Å². The average Bonchev–Trinajstić information content (AvgIpc) is 2.33. The minimum Gasteiger partial charge on any atom is -0.370 e. The van der Waals surface area contributed by atoms with Crippen molar-refractivity contribution in [2.75, 3.05) is 11.9 Å². The zero-order valence-corrected chi connectivity index (χ0v) is 11.8. The molecule has 1 aromatic rings. The molecule has 4 heteroatoms. The largest absolute Gasteiger partial charge is 0.370 e. The maximum atomic E-state index is 6.07. The zero-order valence-electron chi connectivity index (χ0n) is 11.0. The van der Waals surface area contributed by atoms with Crippen molar-refractivity contribution in [3.8, 4) is 0 Å². The van der Waals surface area contributed by atoms with Crippen LogP contribution in [0.15, 0.2) is 0 Å². The van der Waals surface area contributed by atoms with Gasteiger partial charge in [-0.1, -0.05) is 44.7 Å². The first-order chi connectivity index (χ1) is 8.19. The molecule has 0 spiro atoms. The first-order valence-electron chi connectivity index (χ1n) is 6.45. The summed E-state index contributed by atoms with van der Waals surface area (Å²) in [7, 11) is 0.